The average molecular weight is 477 g/mol. The van der Waals surface area contributed by atoms with Crippen molar-refractivity contribution in [3.05, 3.63) is 0 Å². The van der Waals surface area contributed by atoms with Gasteiger partial charge in [-0.15, -0.1) is 0 Å². The summed E-state index contributed by atoms with van der Waals surface area (Å²) in [6.45, 7) is 7.08. The Labute approximate surface area is 208 Å². The second-order valence-electron chi connectivity index (χ2n) is 12.5. The standard InChI is InChI=1S/C29H52N2O3/c1-23-22-31-19-10-13-24-12-6-2-3-7-14-25-16-21-30-20-11-18-29(32,28(30)33-25)17-9-5-4-8-15-26(23)34-27(24)31/h23-28,32H,2-22H2,1H3/t23-,24-,25+,26+,27-,28-,29+/m1/s1. The largest absolute Gasteiger partial charge is 0.386 e. The molecule has 0 aromatic heterocycles. The maximum atomic E-state index is 11.6. The van der Waals surface area contributed by atoms with Gasteiger partial charge in [-0.1, -0.05) is 58.3 Å². The van der Waals surface area contributed by atoms with Crippen LogP contribution in [0, 0.1) is 11.8 Å². The van der Waals surface area contributed by atoms with Crippen molar-refractivity contribution in [1.82, 2.24) is 9.80 Å². The molecule has 5 nitrogen and oxygen atoms in total. The number of hydrogen-bond donors (Lipinski definition) is 1. The van der Waals surface area contributed by atoms with E-state index in [1.807, 2.05) is 0 Å². The maximum Gasteiger partial charge on any atom is 0.140 e. The molecule has 0 radical (unpaired) electrons. The molecule has 5 rings (SSSR count). The van der Waals surface area contributed by atoms with E-state index in [2.05, 4.69) is 16.7 Å². The van der Waals surface area contributed by atoms with E-state index >= 15 is 0 Å². The minimum atomic E-state index is -0.641. The third-order valence-electron chi connectivity index (χ3n) is 9.86. The fourth-order valence-electron chi connectivity index (χ4n) is 7.85. The lowest BCUT2D eigenvalue weighted by atomic mass is 9.84. The van der Waals surface area contributed by atoms with Crippen LogP contribution in [-0.4, -0.2) is 71.4 Å². The molecule has 0 aromatic rings. The quantitative estimate of drug-likeness (QED) is 0.486. The van der Waals surface area contributed by atoms with E-state index in [1.165, 1.54) is 90.1 Å². The molecular weight excluding hydrogens is 424 g/mol. The SMILES string of the molecule is C[C@@H]1CN2CCC[C@H]3CCCCCC[C@H]4CCN5CCC[C@@](O)(CCCCCC[C@@H]1O[C@H]32)[C@H]5O4. The Bertz CT molecular complexity index is 632. The number of aliphatic hydroxyl groups is 1. The van der Waals surface area contributed by atoms with Crippen molar-refractivity contribution in [3.8, 4) is 0 Å². The molecule has 0 saturated carbocycles. The first-order valence-corrected chi connectivity index (χ1v) is 15.1. The number of fused-ring (bicyclic) bond motifs is 2. The zero-order valence-electron chi connectivity index (χ0n) is 22.0. The van der Waals surface area contributed by atoms with E-state index in [0.29, 0.717) is 24.4 Å². The Kier molecular flexibility index (Phi) is 8.91. The average Bonchev–Trinajstić information content (AvgIpc) is 2.83. The van der Waals surface area contributed by atoms with Crippen LogP contribution in [0.2, 0.25) is 0 Å². The van der Waals surface area contributed by atoms with Crippen LogP contribution in [-0.2, 0) is 9.47 Å². The second kappa shape index (κ2) is 11.9. The minimum absolute atomic E-state index is 0.0618. The Morgan fingerprint density at radius 2 is 1.38 bits per heavy atom. The highest BCUT2D eigenvalue weighted by atomic mass is 16.5. The molecule has 7 atom stereocenters. The second-order valence-corrected chi connectivity index (χ2v) is 12.5. The van der Waals surface area contributed by atoms with Crippen LogP contribution >= 0.6 is 0 Å². The van der Waals surface area contributed by atoms with Crippen LogP contribution in [0.25, 0.3) is 0 Å². The van der Waals surface area contributed by atoms with Gasteiger partial charge in [-0.3, -0.25) is 9.80 Å². The molecular formula is C29H52N2O3. The van der Waals surface area contributed by atoms with Crippen LogP contribution < -0.4 is 0 Å². The van der Waals surface area contributed by atoms with Gasteiger partial charge in [0.1, 0.15) is 18.1 Å². The molecule has 5 aliphatic heterocycles. The molecule has 5 aliphatic rings. The van der Waals surface area contributed by atoms with Crippen molar-refractivity contribution in [2.24, 2.45) is 11.8 Å². The highest BCUT2D eigenvalue weighted by Gasteiger charge is 2.46. The van der Waals surface area contributed by atoms with Gasteiger partial charge in [0.2, 0.25) is 0 Å². The molecule has 34 heavy (non-hydrogen) atoms. The van der Waals surface area contributed by atoms with Crippen molar-refractivity contribution in [2.75, 3.05) is 26.2 Å². The number of piperidine rings is 2. The van der Waals surface area contributed by atoms with E-state index in [4.69, 9.17) is 9.47 Å². The summed E-state index contributed by atoms with van der Waals surface area (Å²) in [5.74, 6) is 1.39. The number of nitrogens with zero attached hydrogens (tertiary/aromatic N) is 2. The lowest BCUT2D eigenvalue weighted by Crippen LogP contribution is -2.61. The summed E-state index contributed by atoms with van der Waals surface area (Å²) in [6, 6.07) is 0. The van der Waals surface area contributed by atoms with Crippen molar-refractivity contribution in [1.29, 1.82) is 0 Å². The molecule has 0 aliphatic carbocycles. The molecule has 5 saturated heterocycles. The number of rotatable bonds is 0. The Morgan fingerprint density at radius 1 is 0.676 bits per heavy atom. The van der Waals surface area contributed by atoms with E-state index in [9.17, 15) is 5.11 Å². The third-order valence-corrected chi connectivity index (χ3v) is 9.86. The van der Waals surface area contributed by atoms with Gasteiger partial charge in [0.15, 0.2) is 0 Å². The van der Waals surface area contributed by atoms with Crippen LogP contribution in [0.4, 0.5) is 0 Å². The summed E-state index contributed by atoms with van der Waals surface area (Å²) >= 11 is 0. The monoisotopic (exact) mass is 476 g/mol. The molecule has 0 aromatic carbocycles. The minimum Gasteiger partial charge on any atom is -0.386 e. The van der Waals surface area contributed by atoms with E-state index in [-0.39, 0.29) is 6.23 Å². The number of ether oxygens (including phenoxy) is 2. The predicted octanol–water partition coefficient (Wildman–Crippen LogP) is 5.70. The highest BCUT2D eigenvalue weighted by molar-refractivity contribution is 4.95. The molecule has 0 unspecified atom stereocenters. The summed E-state index contributed by atoms with van der Waals surface area (Å²) in [5, 5.41) is 11.6. The van der Waals surface area contributed by atoms with E-state index in [0.717, 1.165) is 51.1 Å². The normalized spacial score (nSPS) is 44.3. The topological polar surface area (TPSA) is 45.2 Å². The van der Waals surface area contributed by atoms with Gasteiger partial charge in [0, 0.05) is 26.2 Å². The Balaban J connectivity index is 1.20. The van der Waals surface area contributed by atoms with Gasteiger partial charge in [-0.25, -0.2) is 0 Å². The first-order valence-electron chi connectivity index (χ1n) is 15.1. The smallest absolute Gasteiger partial charge is 0.140 e. The van der Waals surface area contributed by atoms with Gasteiger partial charge < -0.3 is 14.6 Å². The van der Waals surface area contributed by atoms with Gasteiger partial charge in [0.25, 0.3) is 0 Å². The molecule has 4 bridgehead atoms. The summed E-state index contributed by atoms with van der Waals surface area (Å²) < 4.78 is 13.4. The lowest BCUT2D eigenvalue weighted by Gasteiger charge is -2.51. The van der Waals surface area contributed by atoms with E-state index < -0.39 is 5.60 Å². The molecule has 5 fully saturated rings. The number of hydrogen-bond acceptors (Lipinski definition) is 5. The Hall–Kier alpha value is -0.200. The molecule has 5 heteroatoms. The summed E-state index contributed by atoms with van der Waals surface area (Å²) in [7, 11) is 0. The summed E-state index contributed by atoms with van der Waals surface area (Å²) in [6.07, 6.45) is 21.7. The Morgan fingerprint density at radius 3 is 2.26 bits per heavy atom. The molecule has 1 N–H and O–H groups in total. The third kappa shape index (κ3) is 6.02. The first kappa shape index (κ1) is 25.4. The fourth-order valence-corrected chi connectivity index (χ4v) is 7.85. The van der Waals surface area contributed by atoms with Gasteiger partial charge in [-0.2, -0.15) is 0 Å². The van der Waals surface area contributed by atoms with Gasteiger partial charge in [-0.05, 0) is 69.6 Å². The van der Waals surface area contributed by atoms with Crippen molar-refractivity contribution in [3.63, 3.8) is 0 Å². The van der Waals surface area contributed by atoms with Gasteiger partial charge >= 0.3 is 0 Å². The highest BCUT2D eigenvalue weighted by Crippen LogP contribution is 2.39. The van der Waals surface area contributed by atoms with E-state index in [1.54, 1.807) is 0 Å². The first-order chi connectivity index (χ1) is 16.6. The van der Waals surface area contributed by atoms with Crippen LogP contribution in [0.1, 0.15) is 116 Å². The lowest BCUT2D eigenvalue weighted by molar-refractivity contribution is -0.245. The zero-order chi connectivity index (χ0) is 23.4. The van der Waals surface area contributed by atoms with Crippen LogP contribution in [0.15, 0.2) is 0 Å². The molecule has 0 amide bonds. The molecule has 196 valence electrons. The van der Waals surface area contributed by atoms with Crippen molar-refractivity contribution < 1.29 is 14.6 Å². The summed E-state index contributed by atoms with van der Waals surface area (Å²) in [5.41, 5.74) is -0.641. The fraction of sp³-hybridized carbons (Fsp3) is 1.00. The summed E-state index contributed by atoms with van der Waals surface area (Å²) in [4.78, 5) is 5.12. The van der Waals surface area contributed by atoms with Crippen LogP contribution in [0.5, 0.6) is 0 Å². The predicted molar refractivity (Wildman–Crippen MR) is 137 cm³/mol. The maximum absolute atomic E-state index is 11.6. The van der Waals surface area contributed by atoms with Gasteiger partial charge in [0.05, 0.1) is 12.2 Å². The van der Waals surface area contributed by atoms with Crippen molar-refractivity contribution >= 4 is 0 Å². The molecule has 5 heterocycles. The van der Waals surface area contributed by atoms with Crippen molar-refractivity contribution in [2.45, 2.75) is 146 Å². The van der Waals surface area contributed by atoms with Crippen LogP contribution in [0.3, 0.4) is 0 Å². The molecule has 0 spiro atoms. The zero-order valence-corrected chi connectivity index (χ0v) is 22.0.